The van der Waals surface area contributed by atoms with Gasteiger partial charge in [-0.2, -0.15) is 0 Å². The third-order valence-corrected chi connectivity index (χ3v) is 2.84. The van der Waals surface area contributed by atoms with Crippen LogP contribution in [-0.2, 0) is 13.0 Å². The lowest BCUT2D eigenvalue weighted by atomic mass is 10.2. The van der Waals surface area contributed by atoms with Crippen molar-refractivity contribution in [3.8, 4) is 0 Å². The van der Waals surface area contributed by atoms with Gasteiger partial charge in [0.05, 0.1) is 0 Å². The first-order valence-electron chi connectivity index (χ1n) is 6.51. The van der Waals surface area contributed by atoms with E-state index < -0.39 is 0 Å². The molecule has 0 aliphatic carbocycles. The van der Waals surface area contributed by atoms with Crippen LogP contribution in [0.25, 0.3) is 0 Å². The summed E-state index contributed by atoms with van der Waals surface area (Å²) in [5.41, 5.74) is 0. The number of aryl methyl sites for hydroxylation is 1. The van der Waals surface area contributed by atoms with Gasteiger partial charge in [-0.1, -0.05) is 20.3 Å². The van der Waals surface area contributed by atoms with Gasteiger partial charge in [0.1, 0.15) is 5.82 Å². The van der Waals surface area contributed by atoms with Crippen molar-refractivity contribution in [1.29, 1.82) is 0 Å². The van der Waals surface area contributed by atoms with E-state index in [0.717, 1.165) is 25.9 Å². The fraction of sp³-hybridized carbons (Fsp3) is 0.769. The molecule has 92 valence electrons. The highest BCUT2D eigenvalue weighted by atomic mass is 15.1. The monoisotopic (exact) mass is 223 g/mol. The Kier molecular flexibility index (Phi) is 6.16. The highest BCUT2D eigenvalue weighted by Gasteiger charge is 2.02. The Morgan fingerprint density at radius 3 is 2.88 bits per heavy atom. The van der Waals surface area contributed by atoms with Crippen LogP contribution in [0.15, 0.2) is 12.4 Å². The Morgan fingerprint density at radius 1 is 1.38 bits per heavy atom. The van der Waals surface area contributed by atoms with Crippen LogP contribution >= 0.6 is 0 Å². The van der Waals surface area contributed by atoms with E-state index in [2.05, 4.69) is 41.8 Å². The molecule has 0 amide bonds. The maximum absolute atomic E-state index is 4.38. The van der Waals surface area contributed by atoms with E-state index in [9.17, 15) is 0 Å². The van der Waals surface area contributed by atoms with Crippen molar-refractivity contribution < 1.29 is 0 Å². The van der Waals surface area contributed by atoms with Crippen LogP contribution in [0.4, 0.5) is 0 Å². The minimum absolute atomic E-state index is 0.628. The maximum Gasteiger partial charge on any atom is 0.108 e. The predicted octanol–water partition coefficient (Wildman–Crippen LogP) is 2.61. The summed E-state index contributed by atoms with van der Waals surface area (Å²) < 4.78 is 2.26. The zero-order chi connectivity index (χ0) is 11.8. The van der Waals surface area contributed by atoms with E-state index in [1.54, 1.807) is 0 Å². The lowest BCUT2D eigenvalue weighted by molar-refractivity contribution is 0.481. The van der Waals surface area contributed by atoms with Gasteiger partial charge in [-0.15, -0.1) is 0 Å². The third-order valence-electron chi connectivity index (χ3n) is 2.84. The summed E-state index contributed by atoms with van der Waals surface area (Å²) in [6, 6.07) is 0.628. The van der Waals surface area contributed by atoms with Crippen molar-refractivity contribution in [3.05, 3.63) is 18.2 Å². The molecule has 0 saturated carbocycles. The maximum atomic E-state index is 4.38. The fourth-order valence-electron chi connectivity index (χ4n) is 1.96. The summed E-state index contributed by atoms with van der Waals surface area (Å²) in [5, 5.41) is 3.54. The Balaban J connectivity index is 2.28. The van der Waals surface area contributed by atoms with Crippen molar-refractivity contribution in [2.75, 3.05) is 6.54 Å². The molecule has 0 fully saturated rings. The fourth-order valence-corrected chi connectivity index (χ4v) is 1.96. The Labute approximate surface area is 99.3 Å². The topological polar surface area (TPSA) is 29.9 Å². The largest absolute Gasteiger partial charge is 0.334 e. The first-order chi connectivity index (χ1) is 7.77. The molecule has 0 saturated heterocycles. The number of aromatic nitrogens is 2. The average molecular weight is 223 g/mol. The Hall–Kier alpha value is -0.830. The molecule has 1 aromatic rings. The van der Waals surface area contributed by atoms with Gasteiger partial charge < -0.3 is 9.88 Å². The van der Waals surface area contributed by atoms with Crippen LogP contribution in [0.3, 0.4) is 0 Å². The van der Waals surface area contributed by atoms with Crippen molar-refractivity contribution in [2.24, 2.45) is 0 Å². The number of imidazole rings is 1. The van der Waals surface area contributed by atoms with Gasteiger partial charge in [0.2, 0.25) is 0 Å². The quantitative estimate of drug-likeness (QED) is 0.734. The van der Waals surface area contributed by atoms with Gasteiger partial charge in [-0.05, 0) is 19.8 Å². The minimum atomic E-state index is 0.628. The molecule has 0 bridgehead atoms. The van der Waals surface area contributed by atoms with Crippen LogP contribution in [0.5, 0.6) is 0 Å². The number of nitrogens with one attached hydrogen (secondary N) is 1. The normalized spacial score (nSPS) is 12.9. The molecule has 1 unspecified atom stereocenters. The average Bonchev–Trinajstić information content (AvgIpc) is 2.67. The molecule has 0 aliphatic rings. The minimum Gasteiger partial charge on any atom is -0.334 e. The first-order valence-corrected chi connectivity index (χ1v) is 6.51. The molecule has 1 rings (SSSR count). The molecular weight excluding hydrogens is 198 g/mol. The number of rotatable bonds is 8. The summed E-state index contributed by atoms with van der Waals surface area (Å²) in [6.45, 7) is 8.75. The third kappa shape index (κ3) is 4.35. The molecule has 0 aliphatic heterocycles. The van der Waals surface area contributed by atoms with E-state index >= 15 is 0 Å². The van der Waals surface area contributed by atoms with Crippen LogP contribution in [-0.4, -0.2) is 22.1 Å². The van der Waals surface area contributed by atoms with E-state index in [1.165, 1.54) is 18.7 Å². The smallest absolute Gasteiger partial charge is 0.108 e. The van der Waals surface area contributed by atoms with Gasteiger partial charge in [0.25, 0.3) is 0 Å². The molecule has 1 heterocycles. The molecule has 1 aromatic heterocycles. The van der Waals surface area contributed by atoms with Crippen LogP contribution < -0.4 is 5.32 Å². The van der Waals surface area contributed by atoms with Crippen LogP contribution in [0.1, 0.15) is 45.9 Å². The van der Waals surface area contributed by atoms with Crippen molar-refractivity contribution in [2.45, 2.75) is 59.0 Å². The highest BCUT2D eigenvalue weighted by molar-refractivity contribution is 4.92. The molecule has 0 radical (unpaired) electrons. The zero-order valence-corrected chi connectivity index (χ0v) is 10.9. The number of hydrogen-bond donors (Lipinski definition) is 1. The standard InChI is InChI=1S/C13H25N3/c1-4-6-12(3)14-8-10-16-11-9-15-13(16)7-5-2/h9,11-12,14H,4-8,10H2,1-3H3. The molecule has 0 spiro atoms. The van der Waals surface area contributed by atoms with Crippen molar-refractivity contribution in [3.63, 3.8) is 0 Å². The second kappa shape index (κ2) is 7.44. The molecule has 1 N–H and O–H groups in total. The summed E-state index contributed by atoms with van der Waals surface area (Å²) >= 11 is 0. The van der Waals surface area contributed by atoms with Crippen molar-refractivity contribution in [1.82, 2.24) is 14.9 Å². The first kappa shape index (κ1) is 13.2. The number of hydrogen-bond acceptors (Lipinski definition) is 2. The van der Waals surface area contributed by atoms with Crippen molar-refractivity contribution >= 4 is 0 Å². The van der Waals surface area contributed by atoms with Gasteiger partial charge in [0, 0.05) is 37.9 Å². The van der Waals surface area contributed by atoms with E-state index in [0.29, 0.717) is 6.04 Å². The molecule has 3 heteroatoms. The molecule has 3 nitrogen and oxygen atoms in total. The summed E-state index contributed by atoms with van der Waals surface area (Å²) in [6.07, 6.45) is 8.73. The highest BCUT2D eigenvalue weighted by Crippen LogP contribution is 2.01. The molecule has 16 heavy (non-hydrogen) atoms. The summed E-state index contributed by atoms with van der Waals surface area (Å²) in [7, 11) is 0. The lowest BCUT2D eigenvalue weighted by Gasteiger charge is -2.13. The molecule has 0 aromatic carbocycles. The Morgan fingerprint density at radius 2 is 2.19 bits per heavy atom. The van der Waals surface area contributed by atoms with Crippen LogP contribution in [0, 0.1) is 0 Å². The second-order valence-electron chi connectivity index (χ2n) is 4.43. The van der Waals surface area contributed by atoms with E-state index in [1.807, 2.05) is 6.20 Å². The number of nitrogens with zero attached hydrogens (tertiary/aromatic N) is 2. The van der Waals surface area contributed by atoms with E-state index in [4.69, 9.17) is 0 Å². The Bertz CT molecular complexity index is 280. The van der Waals surface area contributed by atoms with Gasteiger partial charge in [-0.3, -0.25) is 0 Å². The van der Waals surface area contributed by atoms with Crippen LogP contribution in [0.2, 0.25) is 0 Å². The van der Waals surface area contributed by atoms with Gasteiger partial charge in [-0.25, -0.2) is 4.98 Å². The molecule has 1 atom stereocenters. The molecular formula is C13H25N3. The van der Waals surface area contributed by atoms with E-state index in [-0.39, 0.29) is 0 Å². The van der Waals surface area contributed by atoms with Gasteiger partial charge >= 0.3 is 0 Å². The predicted molar refractivity (Wildman–Crippen MR) is 68.6 cm³/mol. The van der Waals surface area contributed by atoms with Gasteiger partial charge in [0.15, 0.2) is 0 Å². The lowest BCUT2D eigenvalue weighted by Crippen LogP contribution is -2.29. The summed E-state index contributed by atoms with van der Waals surface area (Å²) in [4.78, 5) is 4.38. The zero-order valence-electron chi connectivity index (χ0n) is 10.9. The SMILES string of the molecule is CCCc1nccn1CCNC(C)CCC. The second-order valence-corrected chi connectivity index (χ2v) is 4.43. The summed E-state index contributed by atoms with van der Waals surface area (Å²) in [5.74, 6) is 1.22.